The molecular weight excluding hydrogens is 421 g/mol. The van der Waals surface area contributed by atoms with Gasteiger partial charge in [0, 0.05) is 36.6 Å². The zero-order valence-electron chi connectivity index (χ0n) is 16.9. The highest BCUT2D eigenvalue weighted by Crippen LogP contribution is 2.39. The number of carbonyl (C=O) groups excluding carboxylic acids is 1. The van der Waals surface area contributed by atoms with Crippen LogP contribution >= 0.6 is 11.6 Å². The molecule has 0 spiro atoms. The minimum Gasteiger partial charge on any atom is -0.484 e. The lowest BCUT2D eigenvalue weighted by Gasteiger charge is -2.24. The Balaban J connectivity index is 1.22. The predicted octanol–water partition coefficient (Wildman–Crippen LogP) is 3.80. The van der Waals surface area contributed by atoms with Gasteiger partial charge in [-0.2, -0.15) is 0 Å². The number of nitrogens with one attached hydrogen (secondary N) is 2. The molecule has 2 aromatic heterocycles. The Morgan fingerprint density at radius 3 is 3.00 bits per heavy atom. The van der Waals surface area contributed by atoms with E-state index >= 15 is 0 Å². The quantitative estimate of drug-likeness (QED) is 0.603. The van der Waals surface area contributed by atoms with E-state index in [1.807, 2.05) is 6.07 Å². The average Bonchev–Trinajstić information content (AvgIpc) is 3.05. The molecule has 31 heavy (non-hydrogen) atoms. The van der Waals surface area contributed by atoms with E-state index in [4.69, 9.17) is 16.3 Å². The molecule has 1 fully saturated rings. The van der Waals surface area contributed by atoms with Gasteiger partial charge >= 0.3 is 0 Å². The molecular formula is C22H23ClFN5O2. The van der Waals surface area contributed by atoms with E-state index in [0.717, 1.165) is 29.8 Å². The van der Waals surface area contributed by atoms with Gasteiger partial charge in [0.15, 0.2) is 12.3 Å². The Hall–Kier alpha value is -3.00. The molecule has 1 amide bonds. The van der Waals surface area contributed by atoms with Gasteiger partial charge in [-0.05, 0) is 37.0 Å². The van der Waals surface area contributed by atoms with Crippen LogP contribution in [0.25, 0.3) is 11.2 Å². The molecule has 0 radical (unpaired) electrons. The third-order valence-corrected chi connectivity index (χ3v) is 5.74. The van der Waals surface area contributed by atoms with Gasteiger partial charge in [0.2, 0.25) is 0 Å². The van der Waals surface area contributed by atoms with Crippen molar-refractivity contribution < 1.29 is 13.9 Å². The minimum absolute atomic E-state index is 0.171. The maximum absolute atomic E-state index is 14.4. The van der Waals surface area contributed by atoms with Crippen LogP contribution in [0.2, 0.25) is 0 Å². The summed E-state index contributed by atoms with van der Waals surface area (Å²) in [5, 5.41) is 5.31. The van der Waals surface area contributed by atoms with E-state index in [1.165, 1.54) is 0 Å². The van der Waals surface area contributed by atoms with Crippen molar-refractivity contribution in [2.24, 2.45) is 0 Å². The molecule has 2 N–H and O–H groups in total. The van der Waals surface area contributed by atoms with Gasteiger partial charge in [0.25, 0.3) is 5.91 Å². The van der Waals surface area contributed by atoms with Crippen LogP contribution in [-0.4, -0.2) is 45.6 Å². The van der Waals surface area contributed by atoms with Crippen LogP contribution in [-0.2, 0) is 9.53 Å². The van der Waals surface area contributed by atoms with E-state index in [0.29, 0.717) is 41.9 Å². The predicted molar refractivity (Wildman–Crippen MR) is 117 cm³/mol. The smallest absolute Gasteiger partial charge is 0.257 e. The second kappa shape index (κ2) is 9.43. The summed E-state index contributed by atoms with van der Waals surface area (Å²) in [6.07, 6.45) is 8.11. The normalized spacial score (nSPS) is 20.3. The number of hydrogen-bond acceptors (Lipinski definition) is 6. The molecule has 2 heterocycles. The molecule has 2 unspecified atom stereocenters. The van der Waals surface area contributed by atoms with Crippen LogP contribution in [0, 0.1) is 0 Å². The second-order valence-electron chi connectivity index (χ2n) is 7.51. The first-order valence-corrected chi connectivity index (χ1v) is 10.6. The molecule has 7 nitrogen and oxygen atoms in total. The van der Waals surface area contributed by atoms with E-state index in [1.54, 1.807) is 24.7 Å². The first-order chi connectivity index (χ1) is 15.0. The molecule has 162 valence electrons. The molecule has 5 rings (SSSR count). The van der Waals surface area contributed by atoms with Crippen molar-refractivity contribution in [1.29, 1.82) is 0 Å². The number of ether oxygens (including phenoxy) is 1. The number of fused-ring (bicyclic) bond motifs is 5. The van der Waals surface area contributed by atoms with Gasteiger partial charge in [-0.25, -0.2) is 14.4 Å². The molecule has 9 heteroatoms. The fourth-order valence-corrected chi connectivity index (χ4v) is 3.99. The molecule has 0 aromatic carbocycles. The van der Waals surface area contributed by atoms with Crippen LogP contribution in [0.4, 0.5) is 10.1 Å². The number of rotatable bonds is 8. The number of amides is 1. The van der Waals surface area contributed by atoms with Crippen molar-refractivity contribution in [3.8, 4) is 0 Å². The number of halogens is 2. The lowest BCUT2D eigenvalue weighted by molar-refractivity contribution is -0.124. The summed E-state index contributed by atoms with van der Waals surface area (Å²) in [6, 6.07) is 1.83. The Bertz CT molecular complexity index is 1070. The summed E-state index contributed by atoms with van der Waals surface area (Å²) in [7, 11) is 0. The third kappa shape index (κ3) is 5.02. The Labute approximate surface area is 184 Å². The molecule has 0 aliphatic heterocycles. The van der Waals surface area contributed by atoms with Gasteiger partial charge in [0.1, 0.15) is 17.4 Å². The Kier molecular flexibility index (Phi) is 6.46. The van der Waals surface area contributed by atoms with E-state index in [2.05, 4.69) is 32.2 Å². The van der Waals surface area contributed by atoms with Crippen molar-refractivity contribution in [2.45, 2.75) is 37.2 Å². The largest absolute Gasteiger partial charge is 0.484 e. The zero-order chi connectivity index (χ0) is 21.8. The van der Waals surface area contributed by atoms with Crippen LogP contribution in [0.5, 0.6) is 0 Å². The SMILES string of the molecule is C=C(CCNC(=O)COC1=C2CCCC(=C1)C(Cl)C2F)Nc1cnc2nccnc2c1. The lowest BCUT2D eigenvalue weighted by atomic mass is 9.97. The van der Waals surface area contributed by atoms with Gasteiger partial charge in [-0.15, -0.1) is 11.6 Å². The van der Waals surface area contributed by atoms with Gasteiger partial charge in [0.05, 0.1) is 17.3 Å². The summed E-state index contributed by atoms with van der Waals surface area (Å²) < 4.78 is 20.0. The molecule has 3 aliphatic carbocycles. The van der Waals surface area contributed by atoms with E-state index in [-0.39, 0.29) is 12.5 Å². The molecule has 2 bridgehead atoms. The number of aromatic nitrogens is 3. The maximum atomic E-state index is 14.4. The Morgan fingerprint density at radius 1 is 1.29 bits per heavy atom. The molecule has 0 saturated heterocycles. The first kappa shape index (κ1) is 21.2. The zero-order valence-corrected chi connectivity index (χ0v) is 17.7. The monoisotopic (exact) mass is 443 g/mol. The summed E-state index contributed by atoms with van der Waals surface area (Å²) >= 11 is 6.14. The van der Waals surface area contributed by atoms with Crippen molar-refractivity contribution in [1.82, 2.24) is 20.3 Å². The van der Waals surface area contributed by atoms with Gasteiger partial charge < -0.3 is 15.4 Å². The number of carbonyl (C=O) groups is 1. The highest BCUT2D eigenvalue weighted by molar-refractivity contribution is 6.23. The molecule has 1 saturated carbocycles. The van der Waals surface area contributed by atoms with Gasteiger partial charge in [-0.3, -0.25) is 9.78 Å². The number of alkyl halides is 2. The fourth-order valence-electron chi connectivity index (χ4n) is 3.67. The maximum Gasteiger partial charge on any atom is 0.257 e. The lowest BCUT2D eigenvalue weighted by Crippen LogP contribution is -2.30. The highest BCUT2D eigenvalue weighted by atomic mass is 35.5. The van der Waals surface area contributed by atoms with E-state index in [9.17, 15) is 9.18 Å². The topological polar surface area (TPSA) is 89.0 Å². The number of anilines is 1. The summed E-state index contributed by atoms with van der Waals surface area (Å²) in [4.78, 5) is 24.7. The van der Waals surface area contributed by atoms with Crippen LogP contribution in [0.3, 0.4) is 0 Å². The molecule has 2 aromatic rings. The average molecular weight is 444 g/mol. The second-order valence-corrected chi connectivity index (χ2v) is 7.98. The number of hydrogen-bond donors (Lipinski definition) is 2. The number of pyridine rings is 1. The standard InChI is InChI=1S/C22H23ClFN5O2/c1-13(29-15-10-17-22(28-11-15)27-8-7-25-17)5-6-26-19(30)12-31-18-9-14-3-2-4-16(18)21(24)20(14)23/h7-11,20-21,29H,1-6,12H2,(H,26,30). The third-order valence-electron chi connectivity index (χ3n) is 5.24. The summed E-state index contributed by atoms with van der Waals surface area (Å²) in [5.74, 6) is 0.171. The fraction of sp³-hybridized carbons (Fsp3) is 0.364. The van der Waals surface area contributed by atoms with Crippen molar-refractivity contribution in [3.63, 3.8) is 0 Å². The van der Waals surface area contributed by atoms with Gasteiger partial charge in [-0.1, -0.05) is 6.58 Å². The number of allylic oxidation sites excluding steroid dienone is 3. The minimum atomic E-state index is -1.24. The van der Waals surface area contributed by atoms with E-state index < -0.39 is 11.5 Å². The summed E-state index contributed by atoms with van der Waals surface area (Å²) in [6.45, 7) is 4.19. The van der Waals surface area contributed by atoms with Crippen LogP contribution in [0.1, 0.15) is 25.7 Å². The van der Waals surface area contributed by atoms with Crippen molar-refractivity contribution >= 4 is 34.4 Å². The van der Waals surface area contributed by atoms with Crippen LogP contribution in [0.15, 0.2) is 59.9 Å². The molecule has 2 atom stereocenters. The Morgan fingerprint density at radius 2 is 2.13 bits per heavy atom. The summed E-state index contributed by atoms with van der Waals surface area (Å²) in [5.41, 5.74) is 4.11. The highest BCUT2D eigenvalue weighted by Gasteiger charge is 2.35. The van der Waals surface area contributed by atoms with Crippen molar-refractivity contribution in [2.75, 3.05) is 18.5 Å². The molecule has 3 aliphatic rings. The number of nitrogens with zero attached hydrogens (tertiary/aromatic N) is 3. The first-order valence-electron chi connectivity index (χ1n) is 10.1. The van der Waals surface area contributed by atoms with Crippen LogP contribution < -0.4 is 10.6 Å². The van der Waals surface area contributed by atoms with Crippen molar-refractivity contribution in [3.05, 3.63) is 59.9 Å².